The highest BCUT2D eigenvalue weighted by molar-refractivity contribution is 6.04. The number of anilines is 1. The van der Waals surface area contributed by atoms with Crippen molar-refractivity contribution in [2.24, 2.45) is 11.7 Å². The van der Waals surface area contributed by atoms with Gasteiger partial charge < -0.3 is 16.0 Å². The van der Waals surface area contributed by atoms with Crippen molar-refractivity contribution in [3.63, 3.8) is 0 Å². The minimum absolute atomic E-state index is 0. The van der Waals surface area contributed by atoms with Gasteiger partial charge in [0.1, 0.15) is 0 Å². The van der Waals surface area contributed by atoms with Crippen molar-refractivity contribution in [3.8, 4) is 0 Å². The zero-order valence-electron chi connectivity index (χ0n) is 13.9. The molecule has 3 rings (SSSR count). The van der Waals surface area contributed by atoms with Crippen LogP contribution in [-0.2, 0) is 4.79 Å². The van der Waals surface area contributed by atoms with Crippen LogP contribution in [0, 0.1) is 5.92 Å². The Hall–Kier alpha value is -1.59. The molecule has 132 valence electrons. The standard InChI is InChI=1S/C18H25N3O2.ClH/c19-14-7-5-6-13(12-14)17(22)20-16-9-2-1-8-15(16)18(23)21-10-3-4-11-21;/h1-2,8-9,13-14H,3-7,10-12,19H2,(H,20,22);1H. The molecule has 6 heteroatoms. The quantitative estimate of drug-likeness (QED) is 0.879. The number of nitrogens with one attached hydrogen (secondary N) is 1. The molecule has 2 atom stereocenters. The van der Waals surface area contributed by atoms with E-state index in [1.807, 2.05) is 23.1 Å². The summed E-state index contributed by atoms with van der Waals surface area (Å²) in [5, 5.41) is 2.96. The second-order valence-corrected chi connectivity index (χ2v) is 6.66. The zero-order valence-corrected chi connectivity index (χ0v) is 14.7. The molecule has 1 aromatic rings. The van der Waals surface area contributed by atoms with Crippen molar-refractivity contribution in [3.05, 3.63) is 29.8 Å². The van der Waals surface area contributed by atoms with Crippen LogP contribution in [0.4, 0.5) is 5.69 Å². The van der Waals surface area contributed by atoms with Crippen molar-refractivity contribution in [2.45, 2.75) is 44.6 Å². The molecule has 2 fully saturated rings. The average Bonchev–Trinajstić information content (AvgIpc) is 3.09. The van der Waals surface area contributed by atoms with Gasteiger partial charge in [0.15, 0.2) is 0 Å². The summed E-state index contributed by atoms with van der Waals surface area (Å²) in [6.07, 6.45) is 5.71. The summed E-state index contributed by atoms with van der Waals surface area (Å²) in [4.78, 5) is 27.0. The van der Waals surface area contributed by atoms with Gasteiger partial charge in [-0.15, -0.1) is 12.4 Å². The molecule has 2 unspecified atom stereocenters. The van der Waals surface area contributed by atoms with Crippen molar-refractivity contribution < 1.29 is 9.59 Å². The molecule has 1 saturated heterocycles. The molecule has 0 bridgehead atoms. The summed E-state index contributed by atoms with van der Waals surface area (Å²) >= 11 is 0. The van der Waals surface area contributed by atoms with Crippen LogP contribution in [0.1, 0.15) is 48.9 Å². The Balaban J connectivity index is 0.00000208. The lowest BCUT2D eigenvalue weighted by Crippen LogP contribution is -2.35. The number of amides is 2. The Bertz CT molecular complexity index is 587. The van der Waals surface area contributed by atoms with Crippen molar-refractivity contribution >= 4 is 29.9 Å². The van der Waals surface area contributed by atoms with E-state index in [4.69, 9.17) is 5.73 Å². The van der Waals surface area contributed by atoms with Crippen LogP contribution in [0.2, 0.25) is 0 Å². The number of nitrogens with zero attached hydrogens (tertiary/aromatic N) is 1. The lowest BCUT2D eigenvalue weighted by atomic mass is 9.85. The average molecular weight is 352 g/mol. The van der Waals surface area contributed by atoms with Crippen molar-refractivity contribution in [1.29, 1.82) is 0 Å². The normalized spacial score (nSPS) is 23.5. The second-order valence-electron chi connectivity index (χ2n) is 6.66. The molecular formula is C18H26ClN3O2. The number of carbonyl (C=O) groups excluding carboxylic acids is 2. The number of para-hydroxylation sites is 1. The first-order valence-corrected chi connectivity index (χ1v) is 8.60. The second kappa shape index (κ2) is 8.49. The molecule has 3 N–H and O–H groups in total. The van der Waals surface area contributed by atoms with Gasteiger partial charge in [0.25, 0.3) is 5.91 Å². The molecule has 1 aliphatic carbocycles. The molecule has 1 saturated carbocycles. The van der Waals surface area contributed by atoms with Crippen LogP contribution < -0.4 is 11.1 Å². The number of carbonyl (C=O) groups is 2. The highest BCUT2D eigenvalue weighted by Gasteiger charge is 2.27. The monoisotopic (exact) mass is 351 g/mol. The van der Waals surface area contributed by atoms with E-state index >= 15 is 0 Å². The Labute approximate surface area is 149 Å². The smallest absolute Gasteiger partial charge is 0.255 e. The first-order valence-electron chi connectivity index (χ1n) is 8.60. The number of rotatable bonds is 3. The number of hydrogen-bond donors (Lipinski definition) is 2. The van der Waals surface area contributed by atoms with Crippen LogP contribution in [0.15, 0.2) is 24.3 Å². The van der Waals surface area contributed by atoms with E-state index in [0.29, 0.717) is 11.3 Å². The maximum absolute atomic E-state index is 12.6. The highest BCUT2D eigenvalue weighted by Crippen LogP contribution is 2.26. The minimum Gasteiger partial charge on any atom is -0.339 e. The molecule has 0 spiro atoms. The molecule has 1 aliphatic heterocycles. The van der Waals surface area contributed by atoms with Crippen molar-refractivity contribution in [2.75, 3.05) is 18.4 Å². The van der Waals surface area contributed by atoms with Gasteiger partial charge in [-0.25, -0.2) is 0 Å². The molecule has 24 heavy (non-hydrogen) atoms. The predicted molar refractivity (Wildman–Crippen MR) is 97.4 cm³/mol. The fraction of sp³-hybridized carbons (Fsp3) is 0.556. The van der Waals surface area contributed by atoms with Crippen LogP contribution >= 0.6 is 12.4 Å². The van der Waals surface area contributed by atoms with Gasteiger partial charge in [0, 0.05) is 25.0 Å². The molecule has 2 aliphatic rings. The van der Waals surface area contributed by atoms with Gasteiger partial charge in [0.2, 0.25) is 5.91 Å². The van der Waals surface area contributed by atoms with Gasteiger partial charge in [-0.2, -0.15) is 0 Å². The first kappa shape index (κ1) is 18.7. The Morgan fingerprint density at radius 2 is 1.79 bits per heavy atom. The molecule has 1 aromatic carbocycles. The molecule has 2 amide bonds. The number of benzene rings is 1. The zero-order chi connectivity index (χ0) is 16.2. The molecule has 0 aromatic heterocycles. The van der Waals surface area contributed by atoms with E-state index in [9.17, 15) is 9.59 Å². The Morgan fingerprint density at radius 1 is 1.08 bits per heavy atom. The summed E-state index contributed by atoms with van der Waals surface area (Å²) in [5.74, 6) is -0.0470. The van der Waals surface area contributed by atoms with E-state index in [1.54, 1.807) is 6.07 Å². The van der Waals surface area contributed by atoms with Gasteiger partial charge >= 0.3 is 0 Å². The Kier molecular flexibility index (Phi) is 6.63. The van der Waals surface area contributed by atoms with E-state index in [-0.39, 0.29) is 36.2 Å². The van der Waals surface area contributed by atoms with Gasteiger partial charge in [-0.3, -0.25) is 9.59 Å². The predicted octanol–water partition coefficient (Wildman–Crippen LogP) is 2.80. The highest BCUT2D eigenvalue weighted by atomic mass is 35.5. The SMILES string of the molecule is Cl.NC1CCCC(C(=O)Nc2ccccc2C(=O)N2CCCC2)C1. The maximum Gasteiger partial charge on any atom is 0.255 e. The van der Waals surface area contributed by atoms with Crippen LogP contribution in [-0.4, -0.2) is 35.8 Å². The van der Waals surface area contributed by atoms with Gasteiger partial charge in [-0.1, -0.05) is 18.6 Å². The summed E-state index contributed by atoms with van der Waals surface area (Å²) in [7, 11) is 0. The molecule has 5 nitrogen and oxygen atoms in total. The lowest BCUT2D eigenvalue weighted by Gasteiger charge is -2.26. The van der Waals surface area contributed by atoms with Gasteiger partial charge in [0.05, 0.1) is 11.3 Å². The number of nitrogens with two attached hydrogens (primary N) is 1. The number of likely N-dealkylation sites (tertiary alicyclic amines) is 1. The van der Waals surface area contributed by atoms with E-state index in [0.717, 1.165) is 51.6 Å². The van der Waals surface area contributed by atoms with E-state index in [1.165, 1.54) is 0 Å². The summed E-state index contributed by atoms with van der Waals surface area (Å²) in [5.41, 5.74) is 7.18. The van der Waals surface area contributed by atoms with E-state index in [2.05, 4.69) is 5.32 Å². The van der Waals surface area contributed by atoms with Crippen LogP contribution in [0.3, 0.4) is 0 Å². The lowest BCUT2D eigenvalue weighted by molar-refractivity contribution is -0.120. The van der Waals surface area contributed by atoms with E-state index < -0.39 is 0 Å². The topological polar surface area (TPSA) is 75.4 Å². The minimum atomic E-state index is -0.0475. The third kappa shape index (κ3) is 4.28. The Morgan fingerprint density at radius 3 is 2.50 bits per heavy atom. The number of halogens is 1. The fourth-order valence-electron chi connectivity index (χ4n) is 3.57. The van der Waals surface area contributed by atoms with Crippen LogP contribution in [0.25, 0.3) is 0 Å². The summed E-state index contributed by atoms with van der Waals surface area (Å²) in [6.45, 7) is 1.61. The largest absolute Gasteiger partial charge is 0.339 e. The third-order valence-electron chi connectivity index (χ3n) is 4.89. The molecular weight excluding hydrogens is 326 g/mol. The number of hydrogen-bond acceptors (Lipinski definition) is 3. The third-order valence-corrected chi connectivity index (χ3v) is 4.89. The van der Waals surface area contributed by atoms with Crippen molar-refractivity contribution in [1.82, 2.24) is 4.90 Å². The molecule has 1 heterocycles. The summed E-state index contributed by atoms with van der Waals surface area (Å²) in [6, 6.07) is 7.41. The van der Waals surface area contributed by atoms with Gasteiger partial charge in [-0.05, 0) is 44.2 Å². The maximum atomic E-state index is 12.6. The molecule has 0 radical (unpaired) electrons. The fourth-order valence-corrected chi connectivity index (χ4v) is 3.57. The van der Waals surface area contributed by atoms with Crippen LogP contribution in [0.5, 0.6) is 0 Å². The first-order chi connectivity index (χ1) is 11.1. The summed E-state index contributed by atoms with van der Waals surface area (Å²) < 4.78 is 0.